The Labute approximate surface area is 100 Å². The zero-order valence-electron chi connectivity index (χ0n) is 10.2. The fraction of sp³-hybridized carbons (Fsp3) is 0.818. The molecule has 0 aliphatic carbocycles. The van der Waals surface area contributed by atoms with Crippen LogP contribution >= 0.6 is 0 Å². The fourth-order valence-electron chi connectivity index (χ4n) is 1.86. The van der Waals surface area contributed by atoms with Gasteiger partial charge in [0.1, 0.15) is 12.2 Å². The van der Waals surface area contributed by atoms with Crippen LogP contribution in [-0.4, -0.2) is 48.2 Å². The molecule has 0 spiro atoms. The van der Waals surface area contributed by atoms with E-state index in [0.29, 0.717) is 0 Å². The molecule has 98 valence electrons. The van der Waals surface area contributed by atoms with Crippen molar-refractivity contribution in [1.29, 1.82) is 0 Å². The molecule has 2 N–H and O–H groups in total. The molecule has 2 atom stereocenters. The van der Waals surface area contributed by atoms with Crippen molar-refractivity contribution in [3.05, 3.63) is 0 Å². The number of carbonyl (C=O) groups excluding carboxylic acids is 2. The van der Waals surface area contributed by atoms with Crippen molar-refractivity contribution in [3.63, 3.8) is 0 Å². The van der Waals surface area contributed by atoms with Gasteiger partial charge in [-0.25, -0.2) is 4.39 Å². The molecule has 0 unspecified atom stereocenters. The summed E-state index contributed by atoms with van der Waals surface area (Å²) in [7, 11) is 0. The summed E-state index contributed by atoms with van der Waals surface area (Å²) >= 11 is 0. The number of likely N-dealkylation sites (tertiary alicyclic amines) is 1. The van der Waals surface area contributed by atoms with Gasteiger partial charge in [0.25, 0.3) is 0 Å². The van der Waals surface area contributed by atoms with Gasteiger partial charge in [0.2, 0.25) is 11.8 Å². The van der Waals surface area contributed by atoms with E-state index in [4.69, 9.17) is 10.5 Å². The number of amides is 2. The Morgan fingerprint density at radius 3 is 2.71 bits per heavy atom. The molecule has 1 saturated heterocycles. The van der Waals surface area contributed by atoms with E-state index in [1.54, 1.807) is 0 Å². The van der Waals surface area contributed by atoms with Gasteiger partial charge in [-0.05, 0) is 13.8 Å². The summed E-state index contributed by atoms with van der Waals surface area (Å²) in [5.41, 5.74) is 5.13. The molecule has 0 aromatic carbocycles. The van der Waals surface area contributed by atoms with Crippen LogP contribution in [0.2, 0.25) is 0 Å². The van der Waals surface area contributed by atoms with Crippen molar-refractivity contribution in [2.45, 2.75) is 45.0 Å². The first-order valence-electron chi connectivity index (χ1n) is 5.76. The lowest BCUT2D eigenvalue weighted by Gasteiger charge is -2.21. The van der Waals surface area contributed by atoms with Crippen LogP contribution in [0.15, 0.2) is 0 Å². The van der Waals surface area contributed by atoms with E-state index >= 15 is 0 Å². The summed E-state index contributed by atoms with van der Waals surface area (Å²) in [5, 5.41) is 0. The topological polar surface area (TPSA) is 72.6 Å². The molecule has 1 aliphatic rings. The van der Waals surface area contributed by atoms with Crippen molar-refractivity contribution in [2.75, 3.05) is 13.2 Å². The third-order valence-corrected chi connectivity index (χ3v) is 2.67. The molecule has 17 heavy (non-hydrogen) atoms. The summed E-state index contributed by atoms with van der Waals surface area (Å²) < 4.78 is 18.4. The molecule has 0 radical (unpaired) electrons. The first-order valence-corrected chi connectivity index (χ1v) is 5.76. The van der Waals surface area contributed by atoms with Gasteiger partial charge in [0.15, 0.2) is 0 Å². The summed E-state index contributed by atoms with van der Waals surface area (Å²) in [6.45, 7) is 3.96. The van der Waals surface area contributed by atoms with E-state index in [1.165, 1.54) is 4.90 Å². The van der Waals surface area contributed by atoms with Crippen LogP contribution in [0.25, 0.3) is 0 Å². The van der Waals surface area contributed by atoms with E-state index in [1.807, 2.05) is 13.8 Å². The number of carbonyl (C=O) groups is 2. The third kappa shape index (κ3) is 3.96. The second-order valence-corrected chi connectivity index (χ2v) is 4.47. The number of nitrogens with zero attached hydrogens (tertiary/aromatic N) is 1. The Bertz CT molecular complexity index is 296. The molecule has 1 fully saturated rings. The number of hydrogen-bond acceptors (Lipinski definition) is 3. The molecule has 1 aliphatic heterocycles. The molecule has 5 nitrogen and oxygen atoms in total. The average Bonchev–Trinajstić information content (AvgIpc) is 2.59. The molecule has 6 heteroatoms. The normalized spacial score (nSPS) is 24.4. The van der Waals surface area contributed by atoms with Crippen LogP contribution in [0, 0.1) is 0 Å². The number of alkyl halides is 1. The van der Waals surface area contributed by atoms with Gasteiger partial charge in [-0.3, -0.25) is 9.59 Å². The fourth-order valence-corrected chi connectivity index (χ4v) is 1.86. The van der Waals surface area contributed by atoms with Crippen LogP contribution in [-0.2, 0) is 14.3 Å². The number of ether oxygens (including phenoxy) is 1. The predicted molar refractivity (Wildman–Crippen MR) is 59.9 cm³/mol. The van der Waals surface area contributed by atoms with Gasteiger partial charge in [-0.15, -0.1) is 0 Å². The minimum Gasteiger partial charge on any atom is -0.378 e. The third-order valence-electron chi connectivity index (χ3n) is 2.67. The highest BCUT2D eigenvalue weighted by atomic mass is 19.1. The van der Waals surface area contributed by atoms with Crippen LogP contribution in [0.4, 0.5) is 4.39 Å². The second-order valence-electron chi connectivity index (χ2n) is 4.47. The highest BCUT2D eigenvalue weighted by molar-refractivity contribution is 5.87. The Balaban J connectivity index is 2.47. The second kappa shape index (κ2) is 5.95. The zero-order valence-corrected chi connectivity index (χ0v) is 10.2. The average molecular weight is 246 g/mol. The van der Waals surface area contributed by atoms with Gasteiger partial charge in [0, 0.05) is 6.42 Å². The molecule has 1 rings (SSSR count). The van der Waals surface area contributed by atoms with Crippen molar-refractivity contribution in [1.82, 2.24) is 4.90 Å². The van der Waals surface area contributed by atoms with E-state index in [-0.39, 0.29) is 38.0 Å². The Hall–Kier alpha value is -1.17. The number of halogens is 1. The molecular formula is C11H19FN2O3. The first-order chi connectivity index (χ1) is 7.91. The SMILES string of the molecule is CC(C)OCCC(=O)N1C[C@H](F)C[C@H]1C(N)=O. The van der Waals surface area contributed by atoms with Crippen LogP contribution < -0.4 is 5.73 Å². The lowest BCUT2D eigenvalue weighted by Crippen LogP contribution is -2.44. The summed E-state index contributed by atoms with van der Waals surface area (Å²) in [5.74, 6) is -0.933. The number of rotatable bonds is 5. The van der Waals surface area contributed by atoms with Crippen molar-refractivity contribution in [3.8, 4) is 0 Å². The molecule has 0 aromatic rings. The van der Waals surface area contributed by atoms with E-state index in [0.717, 1.165) is 0 Å². The number of hydrogen-bond donors (Lipinski definition) is 1. The molecule has 2 amide bonds. The number of primary amides is 1. The molecule has 1 heterocycles. The summed E-state index contributed by atoms with van der Waals surface area (Å²) in [6.07, 6.45) is -0.967. The highest BCUT2D eigenvalue weighted by Gasteiger charge is 2.38. The van der Waals surface area contributed by atoms with Gasteiger partial charge in [-0.2, -0.15) is 0 Å². The maximum Gasteiger partial charge on any atom is 0.240 e. The number of nitrogens with two attached hydrogens (primary N) is 1. The van der Waals surface area contributed by atoms with Crippen LogP contribution in [0.1, 0.15) is 26.7 Å². The lowest BCUT2D eigenvalue weighted by molar-refractivity contribution is -0.138. The smallest absolute Gasteiger partial charge is 0.240 e. The van der Waals surface area contributed by atoms with E-state index in [9.17, 15) is 14.0 Å². The first kappa shape index (κ1) is 13.9. The van der Waals surface area contributed by atoms with Gasteiger partial charge in [-0.1, -0.05) is 0 Å². The standard InChI is InChI=1S/C11H19FN2O3/c1-7(2)17-4-3-10(15)14-6-8(12)5-9(14)11(13)16/h7-9H,3-6H2,1-2H3,(H2,13,16)/t8-,9+/m1/s1. The van der Waals surface area contributed by atoms with Gasteiger partial charge < -0.3 is 15.4 Å². The quantitative estimate of drug-likeness (QED) is 0.754. The minimum absolute atomic E-state index is 0.00606. The van der Waals surface area contributed by atoms with Crippen molar-refractivity contribution < 1.29 is 18.7 Å². The monoisotopic (exact) mass is 246 g/mol. The minimum atomic E-state index is -1.16. The summed E-state index contributed by atoms with van der Waals surface area (Å²) in [4.78, 5) is 24.1. The van der Waals surface area contributed by atoms with E-state index < -0.39 is 18.1 Å². The zero-order chi connectivity index (χ0) is 13.0. The maximum absolute atomic E-state index is 13.2. The maximum atomic E-state index is 13.2. The molecule has 0 bridgehead atoms. The van der Waals surface area contributed by atoms with Crippen molar-refractivity contribution in [2.24, 2.45) is 5.73 Å². The lowest BCUT2D eigenvalue weighted by atomic mass is 10.2. The van der Waals surface area contributed by atoms with E-state index in [2.05, 4.69) is 0 Å². The Morgan fingerprint density at radius 2 is 2.18 bits per heavy atom. The van der Waals surface area contributed by atoms with Gasteiger partial charge >= 0.3 is 0 Å². The predicted octanol–water partition coefficient (Wildman–Crippen LogP) is 0.226. The van der Waals surface area contributed by atoms with Crippen LogP contribution in [0.5, 0.6) is 0 Å². The molecule has 0 saturated carbocycles. The van der Waals surface area contributed by atoms with Gasteiger partial charge in [0.05, 0.1) is 25.7 Å². The summed E-state index contributed by atoms with van der Waals surface area (Å²) in [6, 6.07) is -0.809. The molecule has 0 aromatic heterocycles. The van der Waals surface area contributed by atoms with Crippen LogP contribution in [0.3, 0.4) is 0 Å². The Kier molecular flexibility index (Phi) is 4.86. The molecular weight excluding hydrogens is 227 g/mol. The van der Waals surface area contributed by atoms with Crippen molar-refractivity contribution >= 4 is 11.8 Å². The Morgan fingerprint density at radius 1 is 1.53 bits per heavy atom. The largest absolute Gasteiger partial charge is 0.378 e. The highest BCUT2D eigenvalue weighted by Crippen LogP contribution is 2.21.